The van der Waals surface area contributed by atoms with Crippen LogP contribution in [-0.2, 0) is 47.4 Å². The van der Waals surface area contributed by atoms with Crippen LogP contribution in [0.3, 0.4) is 0 Å². The molecule has 30 heteroatoms. The molecule has 0 bridgehead atoms. The highest BCUT2D eigenvalue weighted by molar-refractivity contribution is 5.34. The normalized spacial score (nSPS) is 52.2. The Hall–Kier alpha value is -1.46. The smallest absolute Gasteiger partial charge is 0.187 e. The third-order valence-corrected chi connectivity index (χ3v) is 22.8. The van der Waals surface area contributed by atoms with Gasteiger partial charge in [0.2, 0.25) is 0 Å². The van der Waals surface area contributed by atoms with Gasteiger partial charge in [-0.25, -0.2) is 0 Å². The number of fused-ring (bicyclic) bond motifs is 5. The van der Waals surface area contributed by atoms with Crippen LogP contribution in [0.4, 0.5) is 0 Å². The second-order valence-electron chi connectivity index (χ2n) is 28.9. The molecule has 0 radical (unpaired) electrons. The van der Waals surface area contributed by atoms with Crippen molar-refractivity contribution in [3.05, 3.63) is 11.6 Å². The fourth-order valence-corrected chi connectivity index (χ4v) is 17.1. The number of rotatable bonds is 20. The van der Waals surface area contributed by atoms with Gasteiger partial charge in [-0.3, -0.25) is 0 Å². The lowest BCUT2D eigenvalue weighted by molar-refractivity contribution is -0.380. The van der Waals surface area contributed by atoms with E-state index in [9.17, 15) is 102 Å². The van der Waals surface area contributed by atoms with Crippen LogP contribution in [0.2, 0.25) is 0 Å². The minimum absolute atomic E-state index is 0.0568. The molecule has 5 aliphatic heterocycles. The summed E-state index contributed by atoms with van der Waals surface area (Å²) in [5.41, 5.74) is -3.69. The highest BCUT2D eigenvalue weighted by Crippen LogP contribution is 2.75. The van der Waals surface area contributed by atoms with Crippen molar-refractivity contribution < 1.29 is 149 Å². The summed E-state index contributed by atoms with van der Waals surface area (Å²) in [4.78, 5) is 0. The van der Waals surface area contributed by atoms with Gasteiger partial charge >= 0.3 is 0 Å². The van der Waals surface area contributed by atoms with Crippen molar-refractivity contribution >= 4 is 0 Å². The summed E-state index contributed by atoms with van der Waals surface area (Å²) in [6.07, 6.45) is -41.2. The van der Waals surface area contributed by atoms with Gasteiger partial charge in [0.25, 0.3) is 0 Å². The molecule has 9 aliphatic rings. The van der Waals surface area contributed by atoms with Crippen LogP contribution in [0.5, 0.6) is 0 Å². The standard InChI is InChI=1S/C60H102O30/c1-22(9-11-34(57(4,5)80)89-55-49(90-54-48(79)42(73)37(68)29(19-63)85-54)44(75)39(70)31(87-55)21-82-52-46(77)41(72)36(67)28(18-62)84-52)23-13-14-58(6)50-26(64)15-25-24(60(50,8)32(65)16-59(23,58)7)10-12-33(56(25,2)3)88-53-47(78)43(74)38(69)30(86-53)20-81-51-45(76)40(71)35(66)27(17-61)83-51/h15,22-24,26-55,61-80H,9-14,16-21H2,1-8H3/t22-,23-,24-,26?,27-,28-,29-,30-,31-,32-,33+,34-,35-,36-,37-,38-,39-,40+,41+,42+,43+,44+,45-,46-,47-,48-,49-,50+,51-,52-,53+,54+,55+,58+,59-,60-/m1/s1. The molecule has 5 heterocycles. The van der Waals surface area contributed by atoms with E-state index in [-0.39, 0.29) is 24.2 Å². The van der Waals surface area contributed by atoms with E-state index in [2.05, 4.69) is 20.8 Å². The molecule has 20 N–H and O–H groups in total. The van der Waals surface area contributed by atoms with Crippen molar-refractivity contribution in [2.75, 3.05) is 33.0 Å². The van der Waals surface area contributed by atoms with Crippen molar-refractivity contribution in [3.63, 3.8) is 0 Å². The van der Waals surface area contributed by atoms with Gasteiger partial charge in [0.15, 0.2) is 31.5 Å². The minimum Gasteiger partial charge on any atom is -0.394 e. The Balaban J connectivity index is 0.895. The maximum Gasteiger partial charge on any atom is 0.187 e. The van der Waals surface area contributed by atoms with E-state index >= 15 is 0 Å². The lowest BCUT2D eigenvalue weighted by Gasteiger charge is -2.68. The Morgan fingerprint density at radius 3 is 1.43 bits per heavy atom. The summed E-state index contributed by atoms with van der Waals surface area (Å²) >= 11 is 0. The molecule has 4 aliphatic carbocycles. The summed E-state index contributed by atoms with van der Waals surface area (Å²) in [6, 6.07) is 0. The Labute approximate surface area is 522 Å². The average molecular weight is 1300 g/mol. The second kappa shape index (κ2) is 27.8. The predicted octanol–water partition coefficient (Wildman–Crippen LogP) is -6.44. The molecule has 1 unspecified atom stereocenters. The highest BCUT2D eigenvalue weighted by Gasteiger charge is 2.72. The van der Waals surface area contributed by atoms with Gasteiger partial charge in [-0.1, -0.05) is 53.2 Å². The Kier molecular flexibility index (Phi) is 22.5. The fraction of sp³-hybridized carbons (Fsp3) is 0.967. The third kappa shape index (κ3) is 13.0. The topological polar surface area (TPSA) is 497 Å². The first kappa shape index (κ1) is 72.8. The Morgan fingerprint density at radius 1 is 0.511 bits per heavy atom. The van der Waals surface area contributed by atoms with Crippen LogP contribution < -0.4 is 0 Å². The Morgan fingerprint density at radius 2 is 0.944 bits per heavy atom. The summed E-state index contributed by atoms with van der Waals surface area (Å²) in [5, 5.41) is 218. The quantitative estimate of drug-likeness (QED) is 0.0504. The first-order valence-electron chi connectivity index (χ1n) is 31.7. The average Bonchev–Trinajstić information content (AvgIpc) is 1.28. The van der Waals surface area contributed by atoms with Crippen LogP contribution in [0, 0.1) is 45.3 Å². The van der Waals surface area contributed by atoms with Crippen molar-refractivity contribution in [3.8, 4) is 0 Å². The number of ether oxygens (including phenoxy) is 10. The zero-order chi connectivity index (χ0) is 66.4. The van der Waals surface area contributed by atoms with Gasteiger partial charge in [-0.15, -0.1) is 0 Å². The van der Waals surface area contributed by atoms with E-state index in [1.165, 1.54) is 13.8 Å². The molecule has 0 amide bonds. The van der Waals surface area contributed by atoms with Crippen LogP contribution in [0.15, 0.2) is 11.6 Å². The van der Waals surface area contributed by atoms with Crippen LogP contribution >= 0.6 is 0 Å². The number of aliphatic hydroxyl groups is 20. The molecule has 0 aromatic heterocycles. The molecule has 0 aromatic carbocycles. The maximum atomic E-state index is 12.8. The SMILES string of the molecule is C[C@H](CC[C@@H](O[C@@H]1O[C@H](CO[C@@H]2O[C@H](CO)[C@@H](O)[C@H](O)[C@H]2O)[C@@H](O)[C@H](O)[C@H]1O[C@@H]1O[C@H](CO)[C@@H](O)[C@H](O)[C@H]1O)C(C)(C)O)[C@H]1CC[C@@]2(C)[C@@H]3C(O)C=C4[C@@H](CC[C@H](O[C@@H]5O[C@H](CO[C@@H]6O[C@H](CO)[C@@H](O)[C@H](O)[C@H]6O)[C@@H](O)[C@H](O)[C@H]5O)C4(C)C)[C@]3(C)[C@H](O)C[C@]12C. The molecule has 5 saturated heterocycles. The van der Waals surface area contributed by atoms with Crippen molar-refractivity contribution in [2.24, 2.45) is 45.3 Å². The predicted molar refractivity (Wildman–Crippen MR) is 302 cm³/mol. The number of hydrogen-bond donors (Lipinski definition) is 20. The minimum atomic E-state index is -1.98. The van der Waals surface area contributed by atoms with Crippen molar-refractivity contribution in [1.82, 2.24) is 0 Å². The molecule has 36 atom stereocenters. The van der Waals surface area contributed by atoms with Gasteiger partial charge in [-0.2, -0.15) is 0 Å². The zero-order valence-corrected chi connectivity index (χ0v) is 52.1. The molecule has 8 fully saturated rings. The van der Waals surface area contributed by atoms with E-state index in [0.717, 1.165) is 5.57 Å². The lowest BCUT2D eigenvalue weighted by atomic mass is 9.37. The maximum absolute atomic E-state index is 12.8. The van der Waals surface area contributed by atoms with E-state index in [1.54, 1.807) is 0 Å². The van der Waals surface area contributed by atoms with Gasteiger partial charge < -0.3 is 149 Å². The molecule has 9 rings (SSSR count). The van der Waals surface area contributed by atoms with Crippen LogP contribution in [0.25, 0.3) is 0 Å². The Bertz CT molecular complexity index is 2380. The lowest BCUT2D eigenvalue weighted by Crippen LogP contribution is -2.68. The van der Waals surface area contributed by atoms with Gasteiger partial charge in [0.05, 0.1) is 63.1 Å². The van der Waals surface area contributed by atoms with E-state index in [0.29, 0.717) is 38.5 Å². The molecular weight excluding hydrogens is 1200 g/mol. The number of hydrogen-bond acceptors (Lipinski definition) is 30. The van der Waals surface area contributed by atoms with Crippen molar-refractivity contribution in [2.45, 2.75) is 284 Å². The van der Waals surface area contributed by atoms with Crippen LogP contribution in [-0.4, -0.2) is 319 Å². The summed E-state index contributed by atoms with van der Waals surface area (Å²) in [6.45, 7) is 11.8. The molecule has 3 saturated carbocycles. The highest BCUT2D eigenvalue weighted by atomic mass is 16.8. The van der Waals surface area contributed by atoms with Crippen LogP contribution in [0.1, 0.15) is 100 Å². The number of aliphatic hydroxyl groups excluding tert-OH is 19. The molecule has 0 spiro atoms. The van der Waals surface area contributed by atoms with Gasteiger partial charge in [0.1, 0.15) is 122 Å². The molecular formula is C60H102O30. The largest absolute Gasteiger partial charge is 0.394 e. The van der Waals surface area contributed by atoms with Gasteiger partial charge in [0, 0.05) is 16.7 Å². The molecule has 90 heavy (non-hydrogen) atoms. The summed E-state index contributed by atoms with van der Waals surface area (Å²) in [5.74, 6) is -0.884. The fourth-order valence-electron chi connectivity index (χ4n) is 17.1. The molecule has 30 nitrogen and oxygen atoms in total. The first-order chi connectivity index (χ1) is 42.0. The molecule has 522 valence electrons. The van der Waals surface area contributed by atoms with E-state index < -0.39 is 244 Å². The summed E-state index contributed by atoms with van der Waals surface area (Å²) < 4.78 is 59.2. The monoisotopic (exact) mass is 1300 g/mol. The summed E-state index contributed by atoms with van der Waals surface area (Å²) in [7, 11) is 0. The first-order valence-corrected chi connectivity index (χ1v) is 31.7. The third-order valence-electron chi connectivity index (χ3n) is 22.8. The van der Waals surface area contributed by atoms with Gasteiger partial charge in [-0.05, 0) is 87.4 Å². The second-order valence-corrected chi connectivity index (χ2v) is 28.9. The van der Waals surface area contributed by atoms with E-state index in [1.807, 2.05) is 26.8 Å². The molecule has 0 aromatic rings. The zero-order valence-electron chi connectivity index (χ0n) is 52.1. The van der Waals surface area contributed by atoms with E-state index in [4.69, 9.17) is 47.4 Å². The van der Waals surface area contributed by atoms with Crippen molar-refractivity contribution in [1.29, 1.82) is 0 Å².